The largest absolute Gasteiger partial charge is 0.467 e. The van der Waals surface area contributed by atoms with Gasteiger partial charge in [-0.1, -0.05) is 18.2 Å². The summed E-state index contributed by atoms with van der Waals surface area (Å²) in [5.74, 6) is -1.55. The van der Waals surface area contributed by atoms with E-state index in [9.17, 15) is 14.4 Å². The first-order valence-electron chi connectivity index (χ1n) is 10.7. The lowest BCUT2D eigenvalue weighted by Gasteiger charge is -2.28. The van der Waals surface area contributed by atoms with Crippen molar-refractivity contribution in [1.82, 2.24) is 0 Å². The van der Waals surface area contributed by atoms with Crippen molar-refractivity contribution in [2.45, 2.75) is 26.0 Å². The van der Waals surface area contributed by atoms with Crippen molar-refractivity contribution in [1.29, 1.82) is 0 Å². The lowest BCUT2D eigenvalue weighted by Crippen LogP contribution is -2.37. The predicted molar refractivity (Wildman–Crippen MR) is 118 cm³/mol. The molecular formula is C25H22N2O6. The van der Waals surface area contributed by atoms with Crippen LogP contribution >= 0.6 is 0 Å². The summed E-state index contributed by atoms with van der Waals surface area (Å²) in [6.07, 6.45) is 0.545. The van der Waals surface area contributed by atoms with E-state index in [1.807, 2.05) is 31.2 Å². The number of aryl methyl sites for hydroxylation is 1. The maximum Gasteiger partial charge on any atom is 0.338 e. The fraction of sp³-hybridized carbons (Fsp3) is 0.240. The molecule has 0 saturated carbocycles. The molecular weight excluding hydrogens is 424 g/mol. The molecule has 3 heterocycles. The number of hydrogen-bond donors (Lipinski definition) is 0. The molecule has 8 heteroatoms. The number of hydrogen-bond acceptors (Lipinski definition) is 7. The highest BCUT2D eigenvalue weighted by molar-refractivity contribution is 6.24. The van der Waals surface area contributed by atoms with E-state index in [-0.39, 0.29) is 12.5 Å². The molecule has 0 aliphatic carbocycles. The van der Waals surface area contributed by atoms with Gasteiger partial charge in [-0.25, -0.2) is 14.8 Å². The van der Waals surface area contributed by atoms with Crippen molar-refractivity contribution in [3.63, 3.8) is 0 Å². The van der Waals surface area contributed by atoms with Crippen LogP contribution in [0.1, 0.15) is 34.6 Å². The number of imide groups is 1. The van der Waals surface area contributed by atoms with Gasteiger partial charge in [0.2, 0.25) is 5.91 Å². The normalized spacial score (nSPS) is 22.1. The van der Waals surface area contributed by atoms with Crippen LogP contribution in [0.5, 0.6) is 0 Å². The second-order valence-corrected chi connectivity index (χ2v) is 7.90. The fourth-order valence-electron chi connectivity index (χ4n) is 4.40. The Bertz CT molecular complexity index is 1200. The number of para-hydroxylation sites is 1. The summed E-state index contributed by atoms with van der Waals surface area (Å²) in [4.78, 5) is 46.0. The highest BCUT2D eigenvalue weighted by atomic mass is 16.7. The van der Waals surface area contributed by atoms with Crippen LogP contribution in [-0.4, -0.2) is 30.5 Å². The second-order valence-electron chi connectivity index (χ2n) is 7.90. The topological polar surface area (TPSA) is 89.3 Å². The van der Waals surface area contributed by atoms with Gasteiger partial charge in [0.05, 0.1) is 29.8 Å². The minimum Gasteiger partial charge on any atom is -0.467 e. The monoisotopic (exact) mass is 446 g/mol. The number of hydroxylamine groups is 1. The van der Waals surface area contributed by atoms with Crippen LogP contribution < -0.4 is 9.96 Å². The van der Waals surface area contributed by atoms with E-state index in [0.29, 0.717) is 17.0 Å². The number of fused-ring (bicyclic) bond motifs is 1. The van der Waals surface area contributed by atoms with Crippen molar-refractivity contribution in [3.05, 3.63) is 83.8 Å². The van der Waals surface area contributed by atoms with Crippen molar-refractivity contribution < 1.29 is 28.4 Å². The maximum absolute atomic E-state index is 13.6. The van der Waals surface area contributed by atoms with Crippen LogP contribution in [-0.2, 0) is 19.2 Å². The van der Waals surface area contributed by atoms with Crippen LogP contribution in [0, 0.1) is 12.8 Å². The zero-order chi connectivity index (χ0) is 23.1. The van der Waals surface area contributed by atoms with E-state index in [2.05, 4.69) is 0 Å². The predicted octanol–water partition coefficient (Wildman–Crippen LogP) is 3.82. The first-order chi connectivity index (χ1) is 16.0. The molecule has 0 spiro atoms. The van der Waals surface area contributed by atoms with E-state index < -0.39 is 29.9 Å². The fourth-order valence-corrected chi connectivity index (χ4v) is 4.40. The Morgan fingerprint density at radius 3 is 2.42 bits per heavy atom. The molecule has 0 radical (unpaired) electrons. The third kappa shape index (κ3) is 3.39. The zero-order valence-corrected chi connectivity index (χ0v) is 18.1. The van der Waals surface area contributed by atoms with Crippen molar-refractivity contribution in [2.24, 2.45) is 5.92 Å². The summed E-state index contributed by atoms with van der Waals surface area (Å²) in [6.45, 7) is 3.92. The molecule has 0 N–H and O–H groups in total. The Labute approximate surface area is 190 Å². The number of rotatable bonds is 5. The van der Waals surface area contributed by atoms with Gasteiger partial charge in [0, 0.05) is 0 Å². The Morgan fingerprint density at radius 2 is 1.76 bits per heavy atom. The molecule has 2 aromatic carbocycles. The number of anilines is 2. The van der Waals surface area contributed by atoms with Gasteiger partial charge in [-0.05, 0) is 61.9 Å². The van der Waals surface area contributed by atoms with Gasteiger partial charge in [0.15, 0.2) is 6.10 Å². The first kappa shape index (κ1) is 21.0. The second kappa shape index (κ2) is 8.22. The molecule has 8 nitrogen and oxygen atoms in total. The van der Waals surface area contributed by atoms with E-state index in [0.717, 1.165) is 16.2 Å². The molecule has 3 aromatic rings. The average Bonchev–Trinajstić information content (AvgIpc) is 3.52. The lowest BCUT2D eigenvalue weighted by atomic mass is 9.94. The minimum atomic E-state index is -0.989. The number of benzene rings is 2. The van der Waals surface area contributed by atoms with Crippen LogP contribution in [0.4, 0.5) is 11.4 Å². The molecule has 2 saturated heterocycles. The number of carbonyl (C=O) groups excluding carboxylic acids is 3. The molecule has 2 aliphatic rings. The average molecular weight is 446 g/mol. The number of furan rings is 1. The summed E-state index contributed by atoms with van der Waals surface area (Å²) in [5, 5.41) is 1.61. The summed E-state index contributed by atoms with van der Waals surface area (Å²) in [7, 11) is 0. The number of nitrogens with zero attached hydrogens (tertiary/aromatic N) is 2. The first-order valence-corrected chi connectivity index (χ1v) is 10.7. The van der Waals surface area contributed by atoms with Gasteiger partial charge in [0.1, 0.15) is 17.7 Å². The third-order valence-corrected chi connectivity index (χ3v) is 5.94. The van der Waals surface area contributed by atoms with Crippen LogP contribution in [0.3, 0.4) is 0 Å². The Balaban J connectivity index is 1.49. The smallest absolute Gasteiger partial charge is 0.338 e. The lowest BCUT2D eigenvalue weighted by molar-refractivity contribution is -0.126. The number of esters is 1. The number of carbonyl (C=O) groups is 3. The standard InChI is InChI=1S/C25H22N2O6/c1-3-31-25(30)16-10-12-17(13-11-16)26-23(28)20-21(19-9-6-14-32-19)27(33-22(20)24(26)29)18-8-5-4-7-15(18)2/h4-14,20-22H,3H2,1-2H3/t20-,21+,22+/m0/s1. The Kier molecular flexibility index (Phi) is 5.22. The molecule has 3 atom stereocenters. The van der Waals surface area contributed by atoms with Crippen LogP contribution in [0.15, 0.2) is 71.3 Å². The molecule has 168 valence electrons. The van der Waals surface area contributed by atoms with Crippen LogP contribution in [0.25, 0.3) is 0 Å². The molecule has 1 aromatic heterocycles. The van der Waals surface area contributed by atoms with Gasteiger partial charge in [-0.3, -0.25) is 14.4 Å². The number of ether oxygens (including phenoxy) is 1. The molecule has 0 unspecified atom stereocenters. The highest BCUT2D eigenvalue weighted by Gasteiger charge is 2.61. The Hall–Kier alpha value is -3.91. The van der Waals surface area contributed by atoms with Gasteiger partial charge >= 0.3 is 5.97 Å². The molecule has 2 amide bonds. The SMILES string of the molecule is CCOC(=O)c1ccc(N2C(=O)[C@H]3[C@@H](c4ccco4)N(c4ccccc4C)O[C@H]3C2=O)cc1. The third-order valence-electron chi connectivity index (χ3n) is 5.94. The highest BCUT2D eigenvalue weighted by Crippen LogP contribution is 2.48. The van der Waals surface area contributed by atoms with Gasteiger partial charge < -0.3 is 9.15 Å². The van der Waals surface area contributed by atoms with E-state index in [4.69, 9.17) is 14.0 Å². The maximum atomic E-state index is 13.6. The number of amides is 2. The molecule has 0 bridgehead atoms. The van der Waals surface area contributed by atoms with E-state index in [1.54, 1.807) is 36.3 Å². The molecule has 2 aliphatic heterocycles. The summed E-state index contributed by atoms with van der Waals surface area (Å²) < 4.78 is 10.6. The van der Waals surface area contributed by atoms with Crippen molar-refractivity contribution in [2.75, 3.05) is 16.6 Å². The molecule has 2 fully saturated rings. The summed E-state index contributed by atoms with van der Waals surface area (Å²) in [6, 6.07) is 16.7. The van der Waals surface area contributed by atoms with Crippen LogP contribution in [0.2, 0.25) is 0 Å². The van der Waals surface area contributed by atoms with Gasteiger partial charge in [-0.15, -0.1) is 0 Å². The van der Waals surface area contributed by atoms with Crippen molar-refractivity contribution in [3.8, 4) is 0 Å². The van der Waals surface area contributed by atoms with Gasteiger partial charge in [0.25, 0.3) is 5.91 Å². The molecule has 33 heavy (non-hydrogen) atoms. The Morgan fingerprint density at radius 1 is 1.00 bits per heavy atom. The molecule has 5 rings (SSSR count). The zero-order valence-electron chi connectivity index (χ0n) is 18.1. The summed E-state index contributed by atoms with van der Waals surface area (Å²) >= 11 is 0. The quantitative estimate of drug-likeness (QED) is 0.435. The van der Waals surface area contributed by atoms with E-state index >= 15 is 0 Å². The van der Waals surface area contributed by atoms with Gasteiger partial charge in [-0.2, -0.15) is 0 Å². The summed E-state index contributed by atoms with van der Waals surface area (Å²) in [5.41, 5.74) is 2.42. The minimum absolute atomic E-state index is 0.260. The van der Waals surface area contributed by atoms with E-state index in [1.165, 1.54) is 18.4 Å². The van der Waals surface area contributed by atoms with Crippen molar-refractivity contribution >= 4 is 29.2 Å².